The first kappa shape index (κ1) is 13.6. The van der Waals surface area contributed by atoms with Crippen LogP contribution >= 0.6 is 0 Å². The molecule has 94 valence electrons. The standard InChI is InChI=1S/C14H21NO2/c1-5-11(2)10-17-14-8-13(16-4)7-6-12(14)9-15-3/h6-8,15H,2,5,9-10H2,1,3-4H3. The quantitative estimate of drug-likeness (QED) is 0.737. The van der Waals surface area contributed by atoms with Crippen LogP contribution in [0.1, 0.15) is 18.9 Å². The SMILES string of the molecule is C=C(CC)COc1cc(OC)ccc1CNC. The number of methoxy groups -OCH3 is 1. The molecule has 3 heteroatoms. The summed E-state index contributed by atoms with van der Waals surface area (Å²) in [4.78, 5) is 0. The first-order valence-corrected chi connectivity index (χ1v) is 5.82. The molecule has 0 heterocycles. The van der Waals surface area contributed by atoms with Gasteiger partial charge in [-0.15, -0.1) is 0 Å². The number of rotatable bonds is 7. The third kappa shape index (κ3) is 4.11. The molecule has 0 spiro atoms. The van der Waals surface area contributed by atoms with E-state index in [0.29, 0.717) is 6.61 Å². The first-order chi connectivity index (χ1) is 8.21. The topological polar surface area (TPSA) is 30.5 Å². The van der Waals surface area contributed by atoms with Gasteiger partial charge in [-0.2, -0.15) is 0 Å². The van der Waals surface area contributed by atoms with E-state index in [1.54, 1.807) is 7.11 Å². The Morgan fingerprint density at radius 1 is 1.41 bits per heavy atom. The number of benzene rings is 1. The van der Waals surface area contributed by atoms with Crippen molar-refractivity contribution in [3.63, 3.8) is 0 Å². The molecule has 0 amide bonds. The van der Waals surface area contributed by atoms with Gasteiger partial charge in [-0.3, -0.25) is 0 Å². The largest absolute Gasteiger partial charge is 0.497 e. The first-order valence-electron chi connectivity index (χ1n) is 5.82. The van der Waals surface area contributed by atoms with E-state index in [1.807, 2.05) is 25.2 Å². The van der Waals surface area contributed by atoms with Gasteiger partial charge in [-0.25, -0.2) is 0 Å². The van der Waals surface area contributed by atoms with Crippen molar-refractivity contribution in [2.24, 2.45) is 0 Å². The molecule has 0 aliphatic rings. The molecule has 0 aliphatic heterocycles. The van der Waals surface area contributed by atoms with Crippen LogP contribution in [0.2, 0.25) is 0 Å². The Hall–Kier alpha value is -1.48. The Bertz CT molecular complexity index is 374. The number of hydrogen-bond acceptors (Lipinski definition) is 3. The van der Waals surface area contributed by atoms with Gasteiger partial charge in [0.05, 0.1) is 7.11 Å². The molecule has 0 unspecified atom stereocenters. The van der Waals surface area contributed by atoms with Crippen molar-refractivity contribution < 1.29 is 9.47 Å². The van der Waals surface area contributed by atoms with Crippen LogP contribution in [0.15, 0.2) is 30.4 Å². The Morgan fingerprint density at radius 3 is 2.76 bits per heavy atom. The van der Waals surface area contributed by atoms with Gasteiger partial charge in [-0.05, 0) is 25.1 Å². The lowest BCUT2D eigenvalue weighted by Gasteiger charge is -2.13. The molecule has 0 atom stereocenters. The number of hydrogen-bond donors (Lipinski definition) is 1. The minimum absolute atomic E-state index is 0.556. The van der Waals surface area contributed by atoms with E-state index in [9.17, 15) is 0 Å². The molecule has 0 aromatic heterocycles. The van der Waals surface area contributed by atoms with Crippen molar-refractivity contribution in [1.82, 2.24) is 5.32 Å². The van der Waals surface area contributed by atoms with Crippen molar-refractivity contribution in [2.45, 2.75) is 19.9 Å². The second kappa shape index (κ2) is 6.97. The average Bonchev–Trinajstić information content (AvgIpc) is 2.37. The van der Waals surface area contributed by atoms with E-state index >= 15 is 0 Å². The van der Waals surface area contributed by atoms with Gasteiger partial charge >= 0.3 is 0 Å². The highest BCUT2D eigenvalue weighted by Crippen LogP contribution is 2.25. The highest BCUT2D eigenvalue weighted by molar-refractivity contribution is 5.40. The third-order valence-corrected chi connectivity index (χ3v) is 2.57. The van der Waals surface area contributed by atoms with Gasteiger partial charge in [-0.1, -0.05) is 19.6 Å². The number of nitrogens with one attached hydrogen (secondary N) is 1. The van der Waals surface area contributed by atoms with E-state index in [4.69, 9.17) is 9.47 Å². The lowest BCUT2D eigenvalue weighted by molar-refractivity contribution is 0.340. The fourth-order valence-electron chi connectivity index (χ4n) is 1.41. The van der Waals surface area contributed by atoms with Crippen LogP contribution in [0, 0.1) is 0 Å². The summed E-state index contributed by atoms with van der Waals surface area (Å²) in [5.41, 5.74) is 2.21. The van der Waals surface area contributed by atoms with E-state index < -0.39 is 0 Å². The Kier molecular flexibility index (Phi) is 5.57. The van der Waals surface area contributed by atoms with Gasteiger partial charge in [0.1, 0.15) is 18.1 Å². The molecule has 0 saturated carbocycles. The van der Waals surface area contributed by atoms with Gasteiger partial charge < -0.3 is 14.8 Å². The van der Waals surface area contributed by atoms with Gasteiger partial charge in [0, 0.05) is 18.2 Å². The fourth-order valence-corrected chi connectivity index (χ4v) is 1.41. The lowest BCUT2D eigenvalue weighted by Crippen LogP contribution is -2.08. The van der Waals surface area contributed by atoms with Crippen molar-refractivity contribution in [3.05, 3.63) is 35.9 Å². The van der Waals surface area contributed by atoms with Crippen molar-refractivity contribution >= 4 is 0 Å². The van der Waals surface area contributed by atoms with Crippen molar-refractivity contribution in [1.29, 1.82) is 0 Å². The summed E-state index contributed by atoms with van der Waals surface area (Å²) in [6.45, 7) is 7.34. The van der Waals surface area contributed by atoms with Gasteiger partial charge in [0.2, 0.25) is 0 Å². The van der Waals surface area contributed by atoms with E-state index in [0.717, 1.165) is 35.6 Å². The normalized spacial score (nSPS) is 10.1. The summed E-state index contributed by atoms with van der Waals surface area (Å²) in [5, 5.41) is 3.12. The van der Waals surface area contributed by atoms with Crippen LogP contribution in [0.25, 0.3) is 0 Å². The van der Waals surface area contributed by atoms with E-state index in [1.165, 1.54) is 0 Å². The predicted molar refractivity (Wildman–Crippen MR) is 70.7 cm³/mol. The highest BCUT2D eigenvalue weighted by Gasteiger charge is 2.05. The molecule has 3 nitrogen and oxygen atoms in total. The van der Waals surface area contributed by atoms with E-state index in [-0.39, 0.29) is 0 Å². The molecular weight excluding hydrogens is 214 g/mol. The zero-order valence-electron chi connectivity index (χ0n) is 10.9. The zero-order valence-corrected chi connectivity index (χ0v) is 10.9. The van der Waals surface area contributed by atoms with E-state index in [2.05, 4.69) is 18.8 Å². The van der Waals surface area contributed by atoms with Gasteiger partial charge in [0.15, 0.2) is 0 Å². The molecule has 0 bridgehead atoms. The molecule has 0 saturated heterocycles. The maximum Gasteiger partial charge on any atom is 0.127 e. The van der Waals surface area contributed by atoms with Crippen LogP contribution in [0.4, 0.5) is 0 Å². The highest BCUT2D eigenvalue weighted by atomic mass is 16.5. The monoisotopic (exact) mass is 235 g/mol. The van der Waals surface area contributed by atoms with Crippen LogP contribution < -0.4 is 14.8 Å². The molecule has 0 fully saturated rings. The summed E-state index contributed by atoms with van der Waals surface area (Å²) in [6.07, 6.45) is 0.936. The molecule has 1 rings (SSSR count). The van der Waals surface area contributed by atoms with Crippen LogP contribution in [-0.4, -0.2) is 20.8 Å². The Labute approximate surface area is 103 Å². The maximum absolute atomic E-state index is 5.77. The second-order valence-corrected chi connectivity index (χ2v) is 3.90. The van der Waals surface area contributed by atoms with Gasteiger partial charge in [0.25, 0.3) is 0 Å². The predicted octanol–water partition coefficient (Wildman–Crippen LogP) is 2.76. The van der Waals surface area contributed by atoms with Crippen molar-refractivity contribution in [2.75, 3.05) is 20.8 Å². The Balaban J connectivity index is 2.80. The average molecular weight is 235 g/mol. The smallest absolute Gasteiger partial charge is 0.127 e. The molecule has 0 radical (unpaired) electrons. The maximum atomic E-state index is 5.77. The molecule has 1 aromatic rings. The second-order valence-electron chi connectivity index (χ2n) is 3.90. The lowest BCUT2D eigenvalue weighted by atomic mass is 10.2. The molecule has 1 N–H and O–H groups in total. The summed E-state index contributed by atoms with van der Waals surface area (Å²) >= 11 is 0. The molecule has 17 heavy (non-hydrogen) atoms. The summed E-state index contributed by atoms with van der Waals surface area (Å²) in [6, 6.07) is 5.86. The van der Waals surface area contributed by atoms with Crippen LogP contribution in [0.3, 0.4) is 0 Å². The number of ether oxygens (including phenoxy) is 2. The summed E-state index contributed by atoms with van der Waals surface area (Å²) in [5.74, 6) is 1.66. The third-order valence-electron chi connectivity index (χ3n) is 2.57. The molecule has 1 aromatic carbocycles. The molecular formula is C14H21NO2. The van der Waals surface area contributed by atoms with Crippen LogP contribution in [0.5, 0.6) is 11.5 Å². The minimum atomic E-state index is 0.556. The Morgan fingerprint density at radius 2 is 2.18 bits per heavy atom. The van der Waals surface area contributed by atoms with Crippen LogP contribution in [-0.2, 0) is 6.54 Å². The zero-order chi connectivity index (χ0) is 12.7. The summed E-state index contributed by atoms with van der Waals surface area (Å²) < 4.78 is 11.0. The summed E-state index contributed by atoms with van der Waals surface area (Å²) in [7, 11) is 3.57. The molecule has 0 aliphatic carbocycles. The fraction of sp³-hybridized carbons (Fsp3) is 0.429. The van der Waals surface area contributed by atoms with Crippen molar-refractivity contribution in [3.8, 4) is 11.5 Å². The minimum Gasteiger partial charge on any atom is -0.497 e.